The molecule has 0 bridgehead atoms. The summed E-state index contributed by atoms with van der Waals surface area (Å²) in [6.07, 6.45) is 6.10. The molecular weight excluding hydrogens is 448 g/mol. The van der Waals surface area contributed by atoms with E-state index in [-0.39, 0.29) is 17.7 Å². The first-order valence-electron chi connectivity index (χ1n) is 13.7. The molecule has 5 heteroatoms. The molecule has 0 aromatic heterocycles. The number of rotatable bonds is 12. The maximum Gasteiger partial charge on any atom is 0.252 e. The molecular formula is C31H44N2O3. The third kappa shape index (κ3) is 7.92. The van der Waals surface area contributed by atoms with Gasteiger partial charge in [-0.2, -0.15) is 0 Å². The Morgan fingerprint density at radius 3 is 2.36 bits per heavy atom. The average molecular weight is 493 g/mol. The lowest BCUT2D eigenvalue weighted by Gasteiger charge is -2.33. The highest BCUT2D eigenvalue weighted by atomic mass is 16.5. The number of carbonyl (C=O) groups excluding carboxylic acids is 2. The van der Waals surface area contributed by atoms with Crippen LogP contribution in [0.5, 0.6) is 0 Å². The molecule has 0 aliphatic carbocycles. The van der Waals surface area contributed by atoms with Crippen molar-refractivity contribution < 1.29 is 14.3 Å². The lowest BCUT2D eigenvalue weighted by Crippen LogP contribution is -2.45. The van der Waals surface area contributed by atoms with Crippen LogP contribution in [-0.2, 0) is 27.2 Å². The summed E-state index contributed by atoms with van der Waals surface area (Å²) in [4.78, 5) is 27.5. The summed E-state index contributed by atoms with van der Waals surface area (Å²) in [5.41, 5.74) is 4.56. The highest BCUT2D eigenvalue weighted by molar-refractivity contribution is 5.81. The van der Waals surface area contributed by atoms with Crippen molar-refractivity contribution in [3.8, 4) is 11.1 Å². The van der Waals surface area contributed by atoms with Crippen LogP contribution < -0.4 is 5.32 Å². The molecule has 2 atom stereocenters. The number of benzene rings is 2. The van der Waals surface area contributed by atoms with Crippen molar-refractivity contribution in [3.05, 3.63) is 59.7 Å². The Labute approximate surface area is 217 Å². The third-order valence-electron chi connectivity index (χ3n) is 7.38. The second-order valence-corrected chi connectivity index (χ2v) is 10.2. The van der Waals surface area contributed by atoms with E-state index in [0.29, 0.717) is 18.9 Å². The second-order valence-electron chi connectivity index (χ2n) is 10.2. The molecule has 1 fully saturated rings. The van der Waals surface area contributed by atoms with Crippen molar-refractivity contribution in [2.45, 2.75) is 71.8 Å². The predicted molar refractivity (Wildman–Crippen MR) is 147 cm³/mol. The van der Waals surface area contributed by atoms with Crippen LogP contribution >= 0.6 is 0 Å². The van der Waals surface area contributed by atoms with E-state index in [2.05, 4.69) is 67.7 Å². The first-order chi connectivity index (χ1) is 17.4. The van der Waals surface area contributed by atoms with Gasteiger partial charge in [-0.3, -0.25) is 9.59 Å². The van der Waals surface area contributed by atoms with Crippen LogP contribution in [0, 0.1) is 11.8 Å². The fourth-order valence-electron chi connectivity index (χ4n) is 5.04. The minimum Gasteiger partial charge on any atom is -0.368 e. The molecule has 2 aromatic carbocycles. The number of hydrogen-bond acceptors (Lipinski definition) is 3. The van der Waals surface area contributed by atoms with E-state index in [1.165, 1.54) is 5.56 Å². The van der Waals surface area contributed by atoms with Crippen molar-refractivity contribution in [3.63, 3.8) is 0 Å². The van der Waals surface area contributed by atoms with E-state index in [4.69, 9.17) is 4.74 Å². The average Bonchev–Trinajstić information content (AvgIpc) is 2.91. The molecule has 2 aromatic rings. The molecule has 3 rings (SSSR count). The maximum absolute atomic E-state index is 13.1. The standard InChI is InChI=1S/C31H44N2O3/c1-5-7-10-28(30(34)32-4)21-25-9-8-11-27(20-25)26-14-12-24(13-15-26)22-29(36-6-2)31(35)33-18-16-23(3)17-19-33/h8-9,11-15,20,23,28-29H,5-7,10,16-19,21-22H2,1-4H3,(H,32,34). The summed E-state index contributed by atoms with van der Waals surface area (Å²) in [5, 5.41) is 2.83. The highest BCUT2D eigenvalue weighted by Crippen LogP contribution is 2.25. The molecule has 2 amide bonds. The molecule has 196 valence electrons. The van der Waals surface area contributed by atoms with Gasteiger partial charge in [-0.25, -0.2) is 0 Å². The van der Waals surface area contributed by atoms with Gasteiger partial charge in [0.2, 0.25) is 5.91 Å². The summed E-state index contributed by atoms with van der Waals surface area (Å²) < 4.78 is 5.89. The SMILES string of the molecule is CCCCC(Cc1cccc(-c2ccc(CC(OCC)C(=O)N3CCC(C)CC3)cc2)c1)C(=O)NC. The molecule has 5 nitrogen and oxygen atoms in total. The Morgan fingerprint density at radius 2 is 1.72 bits per heavy atom. The topological polar surface area (TPSA) is 58.6 Å². The summed E-state index contributed by atoms with van der Waals surface area (Å²) >= 11 is 0. The zero-order chi connectivity index (χ0) is 25.9. The summed E-state index contributed by atoms with van der Waals surface area (Å²) in [6.45, 7) is 8.56. The molecule has 2 unspecified atom stereocenters. The first kappa shape index (κ1) is 27.9. The first-order valence-corrected chi connectivity index (χ1v) is 13.7. The third-order valence-corrected chi connectivity index (χ3v) is 7.38. The van der Waals surface area contributed by atoms with Crippen LogP contribution in [0.25, 0.3) is 11.1 Å². The van der Waals surface area contributed by atoms with Crippen LogP contribution in [0.2, 0.25) is 0 Å². The van der Waals surface area contributed by atoms with Crippen LogP contribution in [0.4, 0.5) is 0 Å². The molecule has 1 aliphatic rings. The van der Waals surface area contributed by atoms with Gasteiger partial charge in [-0.05, 0) is 60.8 Å². The largest absolute Gasteiger partial charge is 0.368 e. The Bertz CT molecular complexity index is 964. The number of nitrogens with one attached hydrogen (secondary N) is 1. The van der Waals surface area contributed by atoms with Crippen LogP contribution in [0.15, 0.2) is 48.5 Å². The van der Waals surface area contributed by atoms with Gasteiger partial charge >= 0.3 is 0 Å². The van der Waals surface area contributed by atoms with Crippen LogP contribution in [0.1, 0.15) is 64.0 Å². The Balaban J connectivity index is 1.67. The summed E-state index contributed by atoms with van der Waals surface area (Å²) in [7, 11) is 1.72. The summed E-state index contributed by atoms with van der Waals surface area (Å²) in [6, 6.07) is 16.9. The molecule has 1 N–H and O–H groups in total. The molecule has 0 spiro atoms. The van der Waals surface area contributed by atoms with E-state index in [0.717, 1.165) is 68.3 Å². The minimum atomic E-state index is -0.428. The number of unbranched alkanes of at least 4 members (excludes halogenated alkanes) is 1. The van der Waals surface area contributed by atoms with E-state index in [1.54, 1.807) is 7.05 Å². The Hall–Kier alpha value is -2.66. The molecule has 1 aliphatic heterocycles. The number of carbonyl (C=O) groups is 2. The maximum atomic E-state index is 13.1. The van der Waals surface area contributed by atoms with Crippen molar-refractivity contribution in [2.24, 2.45) is 11.8 Å². The predicted octanol–water partition coefficient (Wildman–Crippen LogP) is 5.65. The number of hydrogen-bond donors (Lipinski definition) is 1. The van der Waals surface area contributed by atoms with E-state index >= 15 is 0 Å². The van der Waals surface area contributed by atoms with Gasteiger partial charge in [-0.1, -0.05) is 75.2 Å². The molecule has 1 saturated heterocycles. The van der Waals surface area contributed by atoms with Crippen molar-refractivity contribution in [1.29, 1.82) is 0 Å². The van der Waals surface area contributed by atoms with Crippen molar-refractivity contribution in [2.75, 3.05) is 26.7 Å². The molecule has 1 heterocycles. The number of piperidine rings is 1. The Kier molecular flexibility index (Phi) is 11.0. The monoisotopic (exact) mass is 492 g/mol. The summed E-state index contributed by atoms with van der Waals surface area (Å²) in [5.74, 6) is 0.935. The van der Waals surface area contributed by atoms with Gasteiger partial charge in [0.15, 0.2) is 0 Å². The number of amides is 2. The fourth-order valence-corrected chi connectivity index (χ4v) is 5.04. The van der Waals surface area contributed by atoms with Gasteiger partial charge in [0.1, 0.15) is 6.10 Å². The smallest absolute Gasteiger partial charge is 0.252 e. The van der Waals surface area contributed by atoms with E-state index in [1.807, 2.05) is 11.8 Å². The van der Waals surface area contributed by atoms with Crippen molar-refractivity contribution in [1.82, 2.24) is 10.2 Å². The number of ether oxygens (including phenoxy) is 1. The number of nitrogens with zero attached hydrogens (tertiary/aromatic N) is 1. The lowest BCUT2D eigenvalue weighted by molar-refractivity contribution is -0.144. The highest BCUT2D eigenvalue weighted by Gasteiger charge is 2.27. The molecule has 36 heavy (non-hydrogen) atoms. The lowest BCUT2D eigenvalue weighted by atomic mass is 9.91. The zero-order valence-electron chi connectivity index (χ0n) is 22.6. The van der Waals surface area contributed by atoms with Gasteiger partial charge in [0.05, 0.1) is 0 Å². The quantitative estimate of drug-likeness (QED) is 0.416. The van der Waals surface area contributed by atoms with Crippen molar-refractivity contribution >= 4 is 11.8 Å². The fraction of sp³-hybridized carbons (Fsp3) is 0.548. The van der Waals surface area contributed by atoms with Gasteiger partial charge in [-0.15, -0.1) is 0 Å². The second kappa shape index (κ2) is 14.2. The van der Waals surface area contributed by atoms with Crippen LogP contribution in [0.3, 0.4) is 0 Å². The minimum absolute atomic E-state index is 0.00345. The van der Waals surface area contributed by atoms with Gasteiger partial charge in [0, 0.05) is 39.1 Å². The van der Waals surface area contributed by atoms with Gasteiger partial charge in [0.25, 0.3) is 5.91 Å². The van der Waals surface area contributed by atoms with Crippen LogP contribution in [-0.4, -0.2) is 49.6 Å². The normalized spacial score (nSPS) is 15.9. The molecule has 0 saturated carbocycles. The number of likely N-dealkylation sites (tertiary alicyclic amines) is 1. The van der Waals surface area contributed by atoms with Gasteiger partial charge < -0.3 is 15.0 Å². The van der Waals surface area contributed by atoms with E-state index in [9.17, 15) is 9.59 Å². The molecule has 0 radical (unpaired) electrons. The zero-order valence-corrected chi connectivity index (χ0v) is 22.6. The Morgan fingerprint density at radius 1 is 1.00 bits per heavy atom. The van der Waals surface area contributed by atoms with E-state index < -0.39 is 6.10 Å².